The molecule has 48 heavy (non-hydrogen) atoms. The molecule has 0 amide bonds. The van der Waals surface area contributed by atoms with Crippen LogP contribution in [0, 0.1) is 18.8 Å². The van der Waals surface area contributed by atoms with Crippen molar-refractivity contribution in [1.29, 1.82) is 0 Å². The number of methoxy groups -OCH3 is 1. The largest absolute Gasteiger partial charge is 0.479 e. The normalized spacial score (nSPS) is 22.7. The molecule has 1 saturated heterocycles. The zero-order chi connectivity index (χ0) is 35.8. The molecule has 272 valence electrons. The third kappa shape index (κ3) is 9.93. The lowest BCUT2D eigenvalue weighted by Gasteiger charge is -2.30. The van der Waals surface area contributed by atoms with E-state index in [-0.39, 0.29) is 43.8 Å². The number of fused-ring (bicyclic) bond motifs is 1. The molecule has 1 aliphatic rings. The minimum atomic E-state index is -4.30. The number of imidazole rings is 1. The Bertz CT molecular complexity index is 1380. The number of ether oxygens (including phenoxy) is 4. The third-order valence-corrected chi connectivity index (χ3v) is 9.47. The Hall–Kier alpha value is -2.72. The minimum Gasteiger partial charge on any atom is -0.479 e. The molecular weight excluding hydrogens is 647 g/mol. The van der Waals surface area contributed by atoms with Gasteiger partial charge in [0.15, 0.2) is 17.4 Å². The number of aromatic nitrogens is 4. The van der Waals surface area contributed by atoms with Crippen molar-refractivity contribution >= 4 is 30.8 Å². The van der Waals surface area contributed by atoms with Crippen LogP contribution in [0.5, 0.6) is 5.88 Å². The molecule has 0 saturated carbocycles. The summed E-state index contributed by atoms with van der Waals surface area (Å²) in [6.45, 7) is 14.2. The lowest BCUT2D eigenvalue weighted by atomic mass is 9.96. The molecule has 2 aromatic heterocycles. The lowest BCUT2D eigenvalue weighted by Crippen LogP contribution is -2.47. The van der Waals surface area contributed by atoms with Gasteiger partial charge in [-0.05, 0) is 51.4 Å². The van der Waals surface area contributed by atoms with E-state index >= 15 is 0 Å². The van der Waals surface area contributed by atoms with Gasteiger partial charge in [0.2, 0.25) is 5.88 Å². The van der Waals surface area contributed by atoms with E-state index in [2.05, 4.69) is 25.1 Å². The number of aliphatic hydroxyl groups is 2. The third-order valence-electron chi connectivity index (χ3n) is 7.65. The van der Waals surface area contributed by atoms with E-state index in [1.807, 2.05) is 41.5 Å². The summed E-state index contributed by atoms with van der Waals surface area (Å²) in [6.07, 6.45) is -0.851. The number of nitrogens with zero attached hydrogens (tertiary/aromatic N) is 4. The van der Waals surface area contributed by atoms with Gasteiger partial charge in [-0.3, -0.25) is 18.7 Å². The second-order valence-corrected chi connectivity index (χ2v) is 15.0. The number of carbonyl (C=O) groups is 2. The first-order valence-corrected chi connectivity index (χ1v) is 18.1. The van der Waals surface area contributed by atoms with Gasteiger partial charge in [0.1, 0.15) is 35.7 Å². The van der Waals surface area contributed by atoms with Crippen LogP contribution in [0.2, 0.25) is 0 Å². The number of nitrogens with one attached hydrogen (secondary N) is 2. The minimum absolute atomic E-state index is 0.00183. The fraction of sp³-hybridized carbons (Fsp3) is 0.774. The van der Waals surface area contributed by atoms with Crippen molar-refractivity contribution in [3.05, 3.63) is 12.2 Å². The number of aliphatic hydroxyl groups excluding tert-OH is 1. The van der Waals surface area contributed by atoms with Crippen LogP contribution < -0.4 is 14.9 Å². The van der Waals surface area contributed by atoms with Crippen molar-refractivity contribution in [2.75, 3.05) is 26.9 Å². The van der Waals surface area contributed by atoms with E-state index in [1.165, 1.54) is 24.9 Å². The molecule has 0 spiro atoms. The molecule has 17 heteroatoms. The number of aryl methyl sites for hydroxylation is 1. The van der Waals surface area contributed by atoms with Crippen molar-refractivity contribution in [3.8, 4) is 5.88 Å². The van der Waals surface area contributed by atoms with Crippen LogP contribution in [0.15, 0.2) is 6.33 Å². The molecule has 3 rings (SSSR count). The van der Waals surface area contributed by atoms with Crippen molar-refractivity contribution < 1.29 is 47.8 Å². The summed E-state index contributed by atoms with van der Waals surface area (Å²) < 4.78 is 44.3. The number of rotatable bonds is 19. The first-order chi connectivity index (χ1) is 22.6. The van der Waals surface area contributed by atoms with Crippen LogP contribution in [0.3, 0.4) is 0 Å². The number of esters is 2. The highest BCUT2D eigenvalue weighted by Gasteiger charge is 2.54. The molecule has 0 aromatic carbocycles. The molecule has 1 fully saturated rings. The maximum atomic E-state index is 14.7. The Morgan fingerprint density at radius 1 is 1.04 bits per heavy atom. The SMILES string of the molecule is CCCOC(=O)[C@H](CC(C)C)NP(=O)(N[C@@H](CC(C)C)C(=O)OCCC)OC[C@H]1O[C@@H](n2cnc3c(OC)nc(C)nc32)C(C)(O)[C@H]1O. The van der Waals surface area contributed by atoms with E-state index in [4.69, 9.17) is 23.5 Å². The summed E-state index contributed by atoms with van der Waals surface area (Å²) in [4.78, 5) is 39.2. The van der Waals surface area contributed by atoms with Crippen LogP contribution in [0.1, 0.15) is 86.2 Å². The second kappa shape index (κ2) is 17.3. The van der Waals surface area contributed by atoms with Crippen LogP contribution >= 0.6 is 7.67 Å². The predicted molar refractivity (Wildman–Crippen MR) is 176 cm³/mol. The van der Waals surface area contributed by atoms with Crippen molar-refractivity contribution in [1.82, 2.24) is 29.7 Å². The van der Waals surface area contributed by atoms with E-state index < -0.39 is 62.3 Å². The summed E-state index contributed by atoms with van der Waals surface area (Å²) in [5.74, 6) is -0.626. The molecule has 0 bridgehead atoms. The van der Waals surface area contributed by atoms with E-state index in [0.29, 0.717) is 29.8 Å². The van der Waals surface area contributed by atoms with E-state index in [0.717, 1.165) is 0 Å². The van der Waals surface area contributed by atoms with Crippen molar-refractivity contribution in [2.24, 2.45) is 11.8 Å². The summed E-state index contributed by atoms with van der Waals surface area (Å²) in [5.41, 5.74) is -1.25. The van der Waals surface area contributed by atoms with Gasteiger partial charge in [-0.15, -0.1) is 0 Å². The first-order valence-electron chi connectivity index (χ1n) is 16.5. The Balaban J connectivity index is 1.94. The number of hydrogen-bond acceptors (Lipinski definition) is 13. The molecule has 1 aliphatic heterocycles. The second-order valence-electron chi connectivity index (χ2n) is 13.1. The highest BCUT2D eigenvalue weighted by Crippen LogP contribution is 2.45. The molecule has 6 atom stereocenters. The Morgan fingerprint density at radius 3 is 2.06 bits per heavy atom. The Morgan fingerprint density at radius 2 is 1.58 bits per heavy atom. The summed E-state index contributed by atoms with van der Waals surface area (Å²) in [7, 11) is -2.85. The van der Waals surface area contributed by atoms with Gasteiger partial charge in [-0.1, -0.05) is 41.5 Å². The molecule has 2 aromatic rings. The summed E-state index contributed by atoms with van der Waals surface area (Å²) >= 11 is 0. The average Bonchev–Trinajstić information content (AvgIpc) is 3.52. The Kier molecular flexibility index (Phi) is 14.3. The van der Waals surface area contributed by atoms with Gasteiger partial charge < -0.3 is 33.7 Å². The van der Waals surface area contributed by atoms with Crippen LogP contribution in [-0.4, -0.2) is 98.5 Å². The highest BCUT2D eigenvalue weighted by molar-refractivity contribution is 7.54. The summed E-state index contributed by atoms with van der Waals surface area (Å²) in [6, 6.07) is -2.11. The van der Waals surface area contributed by atoms with Crippen molar-refractivity contribution in [2.45, 2.75) is 117 Å². The van der Waals surface area contributed by atoms with Gasteiger partial charge in [-0.25, -0.2) is 20.1 Å². The first kappa shape index (κ1) is 39.7. The van der Waals surface area contributed by atoms with Gasteiger partial charge in [-0.2, -0.15) is 4.98 Å². The fourth-order valence-corrected chi connectivity index (χ4v) is 7.16. The molecule has 16 nitrogen and oxygen atoms in total. The van der Waals surface area contributed by atoms with E-state index in [9.17, 15) is 24.4 Å². The molecular formula is C31H53N6O10P. The maximum Gasteiger partial charge on any atom is 0.342 e. The zero-order valence-corrected chi connectivity index (χ0v) is 30.4. The quantitative estimate of drug-likeness (QED) is 0.123. The molecule has 0 radical (unpaired) electrons. The zero-order valence-electron chi connectivity index (χ0n) is 29.5. The lowest BCUT2D eigenvalue weighted by molar-refractivity contribution is -0.146. The Labute approximate surface area is 282 Å². The van der Waals surface area contributed by atoms with Gasteiger partial charge in [0.05, 0.1) is 33.3 Å². The smallest absolute Gasteiger partial charge is 0.342 e. The van der Waals surface area contributed by atoms with Gasteiger partial charge in [0, 0.05) is 0 Å². The molecule has 0 aliphatic carbocycles. The standard InChI is InChI=1S/C31H53N6O10P/c1-10-12-44-28(39)21(14-18(3)4)35-48(42,36-22(15-19(5)6)29(40)45-13-11-2)46-16-23-25(38)31(8,41)30(47-23)37-17-32-24-26(37)33-20(7)34-27(24)43-9/h17-19,21-23,25,30,38,41H,10-16H2,1-9H3,(H2,35,36,42)/t21-,22-,23+,25-,30+,31?/m0/s1. The average molecular weight is 701 g/mol. The fourth-order valence-electron chi connectivity index (χ4n) is 5.34. The van der Waals surface area contributed by atoms with E-state index in [1.54, 1.807) is 6.92 Å². The van der Waals surface area contributed by atoms with Crippen LogP contribution in [0.4, 0.5) is 0 Å². The molecule has 1 unspecified atom stereocenters. The monoisotopic (exact) mass is 700 g/mol. The van der Waals surface area contributed by atoms with Gasteiger partial charge in [0.25, 0.3) is 0 Å². The van der Waals surface area contributed by atoms with Crippen LogP contribution in [0.25, 0.3) is 11.2 Å². The summed E-state index contributed by atoms with van der Waals surface area (Å²) in [5, 5.41) is 28.4. The maximum absolute atomic E-state index is 14.7. The van der Waals surface area contributed by atoms with Crippen molar-refractivity contribution in [3.63, 3.8) is 0 Å². The predicted octanol–water partition coefficient (Wildman–Crippen LogP) is 3.19. The van der Waals surface area contributed by atoms with Gasteiger partial charge >= 0.3 is 19.6 Å². The molecule has 4 N–H and O–H groups in total. The molecule has 3 heterocycles. The topological polar surface area (TPSA) is 205 Å². The highest BCUT2D eigenvalue weighted by atomic mass is 31.2. The van der Waals surface area contributed by atoms with Crippen LogP contribution in [-0.2, 0) is 32.9 Å². The number of hydrogen-bond donors (Lipinski definition) is 4. The number of carbonyl (C=O) groups excluding carboxylic acids is 2.